The molecule has 1 fully saturated rings. The maximum Gasteiger partial charge on any atom is 0.228 e. The second-order valence-electron chi connectivity index (χ2n) is 3.66. The highest BCUT2D eigenvalue weighted by atomic mass is 16.2. The number of nitrogens with one attached hydrogen (secondary N) is 1. The smallest absolute Gasteiger partial charge is 0.228 e. The van der Waals surface area contributed by atoms with Crippen molar-refractivity contribution in [2.45, 2.75) is 13.8 Å². The van der Waals surface area contributed by atoms with Gasteiger partial charge in [0.1, 0.15) is 0 Å². The van der Waals surface area contributed by atoms with Crippen molar-refractivity contribution in [2.24, 2.45) is 5.92 Å². The number of nitrogens with zero attached hydrogens (tertiary/aromatic N) is 1. The van der Waals surface area contributed by atoms with E-state index in [1.165, 1.54) is 0 Å². The molecule has 1 rings (SSSR count). The number of hydrogen-bond donors (Lipinski definition) is 1. The summed E-state index contributed by atoms with van der Waals surface area (Å²) in [5.41, 5.74) is 1.04. The lowest BCUT2D eigenvalue weighted by Gasteiger charge is -2.31. The van der Waals surface area contributed by atoms with Crippen LogP contribution in [-0.4, -0.2) is 37.0 Å². The van der Waals surface area contributed by atoms with Gasteiger partial charge in [-0.3, -0.25) is 4.79 Å². The number of hydrogen-bond acceptors (Lipinski definition) is 2. The minimum atomic E-state index is 0.208. The first-order valence-electron chi connectivity index (χ1n) is 4.79. The Morgan fingerprint density at radius 1 is 1.62 bits per heavy atom. The highest BCUT2D eigenvalue weighted by Gasteiger charge is 2.28. The summed E-state index contributed by atoms with van der Waals surface area (Å²) in [6.45, 7) is 10.9. The topological polar surface area (TPSA) is 32.3 Å². The van der Waals surface area contributed by atoms with E-state index in [0.29, 0.717) is 6.54 Å². The van der Waals surface area contributed by atoms with Crippen LogP contribution in [0.1, 0.15) is 13.8 Å². The van der Waals surface area contributed by atoms with Gasteiger partial charge in [0.2, 0.25) is 5.91 Å². The molecule has 74 valence electrons. The molecule has 1 aliphatic rings. The minimum absolute atomic E-state index is 0.208. The first-order chi connectivity index (χ1) is 6.15. The van der Waals surface area contributed by atoms with E-state index in [2.05, 4.69) is 11.9 Å². The van der Waals surface area contributed by atoms with Gasteiger partial charge >= 0.3 is 0 Å². The van der Waals surface area contributed by atoms with E-state index in [0.717, 1.165) is 25.2 Å². The third-order valence-corrected chi connectivity index (χ3v) is 2.28. The van der Waals surface area contributed by atoms with Crippen LogP contribution in [0.2, 0.25) is 0 Å². The Morgan fingerprint density at radius 2 is 2.23 bits per heavy atom. The van der Waals surface area contributed by atoms with Crippen LogP contribution in [0.5, 0.6) is 0 Å². The standard InChI is InChI=1S/C10H18N2O/c1-4-12(7-8(2)3)10(13)9-5-11-6-9/h9,11H,2,4-7H2,1,3H3. The molecule has 0 atom stereocenters. The SMILES string of the molecule is C=C(C)CN(CC)C(=O)C1CNC1. The van der Waals surface area contributed by atoms with Crippen LogP contribution in [0.15, 0.2) is 12.2 Å². The molecule has 0 aromatic rings. The molecular formula is C10H18N2O. The lowest BCUT2D eigenvalue weighted by molar-refractivity contribution is -0.136. The Hall–Kier alpha value is -0.830. The van der Waals surface area contributed by atoms with Crippen molar-refractivity contribution in [1.82, 2.24) is 10.2 Å². The molecular weight excluding hydrogens is 164 g/mol. The molecule has 0 spiro atoms. The molecule has 0 unspecified atom stereocenters. The zero-order valence-electron chi connectivity index (χ0n) is 8.47. The van der Waals surface area contributed by atoms with Crippen LogP contribution in [0, 0.1) is 5.92 Å². The fourth-order valence-corrected chi connectivity index (χ4v) is 1.39. The van der Waals surface area contributed by atoms with Crippen LogP contribution in [0.3, 0.4) is 0 Å². The van der Waals surface area contributed by atoms with Gasteiger partial charge in [-0.25, -0.2) is 0 Å². The molecule has 1 heterocycles. The van der Waals surface area contributed by atoms with E-state index in [1.807, 2.05) is 18.7 Å². The Morgan fingerprint density at radius 3 is 2.54 bits per heavy atom. The van der Waals surface area contributed by atoms with E-state index in [1.54, 1.807) is 0 Å². The van der Waals surface area contributed by atoms with Gasteiger partial charge in [-0.15, -0.1) is 0 Å². The number of carbonyl (C=O) groups excluding carboxylic acids is 1. The van der Waals surface area contributed by atoms with Crippen LogP contribution < -0.4 is 5.32 Å². The molecule has 3 heteroatoms. The highest BCUT2D eigenvalue weighted by molar-refractivity contribution is 5.80. The third kappa shape index (κ3) is 2.56. The second kappa shape index (κ2) is 4.42. The Bertz CT molecular complexity index is 209. The molecule has 0 aromatic carbocycles. The predicted molar refractivity (Wildman–Crippen MR) is 53.4 cm³/mol. The molecule has 1 amide bonds. The largest absolute Gasteiger partial charge is 0.339 e. The quantitative estimate of drug-likeness (QED) is 0.647. The molecule has 0 aliphatic carbocycles. The lowest BCUT2D eigenvalue weighted by atomic mass is 10.0. The number of amides is 1. The van der Waals surface area contributed by atoms with Crippen LogP contribution >= 0.6 is 0 Å². The van der Waals surface area contributed by atoms with Gasteiger partial charge in [0.05, 0.1) is 5.92 Å². The summed E-state index contributed by atoms with van der Waals surface area (Å²) in [6.07, 6.45) is 0. The summed E-state index contributed by atoms with van der Waals surface area (Å²) in [5, 5.41) is 3.10. The first-order valence-corrected chi connectivity index (χ1v) is 4.79. The summed E-state index contributed by atoms with van der Waals surface area (Å²) in [7, 11) is 0. The van der Waals surface area contributed by atoms with Crippen molar-refractivity contribution in [3.05, 3.63) is 12.2 Å². The van der Waals surface area contributed by atoms with E-state index < -0.39 is 0 Å². The Kier molecular flexibility index (Phi) is 3.48. The molecule has 1 saturated heterocycles. The van der Waals surface area contributed by atoms with Gasteiger partial charge in [0.15, 0.2) is 0 Å². The first kappa shape index (κ1) is 10.3. The summed E-state index contributed by atoms with van der Waals surface area (Å²) < 4.78 is 0. The summed E-state index contributed by atoms with van der Waals surface area (Å²) >= 11 is 0. The van der Waals surface area contributed by atoms with Gasteiger partial charge < -0.3 is 10.2 Å². The fraction of sp³-hybridized carbons (Fsp3) is 0.700. The number of carbonyl (C=O) groups is 1. The maximum atomic E-state index is 11.7. The number of likely N-dealkylation sites (N-methyl/N-ethyl adjacent to an activating group) is 1. The summed E-state index contributed by atoms with van der Waals surface area (Å²) in [4.78, 5) is 13.6. The molecule has 0 radical (unpaired) electrons. The van der Waals surface area contributed by atoms with Gasteiger partial charge in [-0.05, 0) is 13.8 Å². The fourth-order valence-electron chi connectivity index (χ4n) is 1.39. The van der Waals surface area contributed by atoms with E-state index in [4.69, 9.17) is 0 Å². The molecule has 1 N–H and O–H groups in total. The third-order valence-electron chi connectivity index (χ3n) is 2.28. The number of rotatable bonds is 4. The summed E-state index contributed by atoms with van der Waals surface area (Å²) in [6, 6.07) is 0. The normalized spacial score (nSPS) is 16.5. The van der Waals surface area contributed by atoms with Gasteiger partial charge in [-0.2, -0.15) is 0 Å². The predicted octanol–water partition coefficient (Wildman–Crippen LogP) is 0.630. The molecule has 13 heavy (non-hydrogen) atoms. The van der Waals surface area contributed by atoms with Crippen LogP contribution in [0.25, 0.3) is 0 Å². The molecule has 3 nitrogen and oxygen atoms in total. The highest BCUT2D eigenvalue weighted by Crippen LogP contribution is 2.09. The van der Waals surface area contributed by atoms with Gasteiger partial charge in [-0.1, -0.05) is 12.2 Å². The zero-order chi connectivity index (χ0) is 9.84. The van der Waals surface area contributed by atoms with Gasteiger partial charge in [0, 0.05) is 26.2 Å². The second-order valence-corrected chi connectivity index (χ2v) is 3.66. The molecule has 0 saturated carbocycles. The zero-order valence-corrected chi connectivity index (χ0v) is 8.47. The monoisotopic (exact) mass is 182 g/mol. The Balaban J connectivity index is 2.44. The maximum absolute atomic E-state index is 11.7. The minimum Gasteiger partial charge on any atom is -0.339 e. The average molecular weight is 182 g/mol. The summed E-state index contributed by atoms with van der Waals surface area (Å²) in [5.74, 6) is 0.476. The average Bonchev–Trinajstić information content (AvgIpc) is 1.96. The van der Waals surface area contributed by atoms with E-state index in [9.17, 15) is 4.79 Å². The van der Waals surface area contributed by atoms with Crippen molar-refractivity contribution in [3.63, 3.8) is 0 Å². The van der Waals surface area contributed by atoms with Crippen LogP contribution in [0.4, 0.5) is 0 Å². The van der Waals surface area contributed by atoms with Crippen LogP contribution in [-0.2, 0) is 4.79 Å². The Labute approximate surface area is 79.8 Å². The van der Waals surface area contributed by atoms with Crippen molar-refractivity contribution in [2.75, 3.05) is 26.2 Å². The van der Waals surface area contributed by atoms with Gasteiger partial charge in [0.25, 0.3) is 0 Å². The van der Waals surface area contributed by atoms with Crippen molar-refractivity contribution in [1.29, 1.82) is 0 Å². The molecule has 0 bridgehead atoms. The van der Waals surface area contributed by atoms with Crippen molar-refractivity contribution in [3.8, 4) is 0 Å². The molecule has 1 aliphatic heterocycles. The van der Waals surface area contributed by atoms with Crippen molar-refractivity contribution >= 4 is 5.91 Å². The van der Waals surface area contributed by atoms with E-state index >= 15 is 0 Å². The van der Waals surface area contributed by atoms with E-state index in [-0.39, 0.29) is 11.8 Å². The van der Waals surface area contributed by atoms with Crippen molar-refractivity contribution < 1.29 is 4.79 Å². The lowest BCUT2D eigenvalue weighted by Crippen LogP contribution is -2.52. The molecule has 0 aromatic heterocycles.